The minimum atomic E-state index is -1.11. The van der Waals surface area contributed by atoms with Crippen LogP contribution in [0.5, 0.6) is 0 Å². The van der Waals surface area contributed by atoms with Crippen LogP contribution in [0.15, 0.2) is 23.1 Å². The van der Waals surface area contributed by atoms with Gasteiger partial charge in [-0.2, -0.15) is 0 Å². The van der Waals surface area contributed by atoms with Crippen LogP contribution < -0.4 is 5.73 Å². The minimum Gasteiger partial charge on any atom is -0.398 e. The van der Waals surface area contributed by atoms with Crippen molar-refractivity contribution in [1.82, 2.24) is 4.90 Å². The maximum atomic E-state index is 12.5. The molecule has 20 heavy (non-hydrogen) atoms. The third-order valence-electron chi connectivity index (χ3n) is 3.77. The van der Waals surface area contributed by atoms with Crippen LogP contribution in [0, 0.1) is 6.92 Å². The number of nitrogens with two attached hydrogens (primary N) is 1. The normalized spacial score (nSPS) is 22.1. The van der Waals surface area contributed by atoms with Gasteiger partial charge in [0.15, 0.2) is 0 Å². The van der Waals surface area contributed by atoms with Crippen LogP contribution >= 0.6 is 0 Å². The Balaban J connectivity index is 2.02. The van der Waals surface area contributed by atoms with E-state index in [9.17, 15) is 4.21 Å². The van der Waals surface area contributed by atoms with Crippen LogP contribution in [-0.2, 0) is 15.5 Å². The number of para-hydroxylation sites is 1. The van der Waals surface area contributed by atoms with E-state index in [0.717, 1.165) is 23.5 Å². The van der Waals surface area contributed by atoms with E-state index in [0.29, 0.717) is 24.1 Å². The van der Waals surface area contributed by atoms with Crippen molar-refractivity contribution in [3.8, 4) is 0 Å². The lowest BCUT2D eigenvalue weighted by Crippen LogP contribution is -2.47. The largest absolute Gasteiger partial charge is 0.398 e. The molecule has 2 unspecified atom stereocenters. The SMILES string of the molecule is Cc1cccc(S(=O)CC2CN(C(C)C)CCO2)c1N. The number of benzene rings is 1. The second-order valence-electron chi connectivity index (χ2n) is 5.58. The molecule has 0 spiro atoms. The Morgan fingerprint density at radius 3 is 2.95 bits per heavy atom. The number of hydrogen-bond donors (Lipinski definition) is 1. The van der Waals surface area contributed by atoms with Crippen molar-refractivity contribution in [2.24, 2.45) is 0 Å². The van der Waals surface area contributed by atoms with Gasteiger partial charge in [-0.3, -0.25) is 9.11 Å². The molecule has 1 aromatic rings. The number of hydrogen-bond acceptors (Lipinski definition) is 4. The molecule has 2 N–H and O–H groups in total. The van der Waals surface area contributed by atoms with E-state index < -0.39 is 10.8 Å². The second kappa shape index (κ2) is 6.70. The third-order valence-corrected chi connectivity index (χ3v) is 5.29. The molecule has 1 aliphatic rings. The summed E-state index contributed by atoms with van der Waals surface area (Å²) in [6, 6.07) is 6.19. The molecule has 2 atom stereocenters. The molecule has 0 saturated carbocycles. The minimum absolute atomic E-state index is 0.0203. The zero-order valence-corrected chi connectivity index (χ0v) is 13.3. The van der Waals surface area contributed by atoms with Gasteiger partial charge in [0.05, 0.1) is 39.8 Å². The highest BCUT2D eigenvalue weighted by Gasteiger charge is 2.24. The summed E-state index contributed by atoms with van der Waals surface area (Å²) < 4.78 is 18.2. The van der Waals surface area contributed by atoms with E-state index in [1.54, 1.807) is 0 Å². The standard InChI is InChI=1S/C15H24N2O2S/c1-11(2)17-7-8-19-13(9-17)10-20(18)14-6-4-5-12(3)15(14)16/h4-6,11,13H,7-10,16H2,1-3H3. The Morgan fingerprint density at radius 2 is 2.25 bits per heavy atom. The molecular weight excluding hydrogens is 272 g/mol. The van der Waals surface area contributed by atoms with E-state index in [4.69, 9.17) is 10.5 Å². The van der Waals surface area contributed by atoms with Crippen LogP contribution in [0.2, 0.25) is 0 Å². The van der Waals surface area contributed by atoms with Crippen LogP contribution in [-0.4, -0.2) is 46.7 Å². The van der Waals surface area contributed by atoms with Gasteiger partial charge < -0.3 is 10.5 Å². The lowest BCUT2D eigenvalue weighted by atomic mass is 10.2. The predicted molar refractivity (Wildman–Crippen MR) is 83.3 cm³/mol. The third kappa shape index (κ3) is 3.59. The maximum Gasteiger partial charge on any atom is 0.0821 e. The molecule has 112 valence electrons. The molecule has 1 heterocycles. The Kier molecular flexibility index (Phi) is 5.18. The fourth-order valence-corrected chi connectivity index (χ4v) is 3.78. The molecule has 0 radical (unpaired) electrons. The molecule has 2 rings (SSSR count). The van der Waals surface area contributed by atoms with Crippen molar-refractivity contribution < 1.29 is 8.95 Å². The first kappa shape index (κ1) is 15.5. The summed E-state index contributed by atoms with van der Waals surface area (Å²) in [5.41, 5.74) is 7.64. The summed E-state index contributed by atoms with van der Waals surface area (Å²) in [6.07, 6.45) is 0.0203. The highest BCUT2D eigenvalue weighted by molar-refractivity contribution is 7.85. The van der Waals surface area contributed by atoms with E-state index in [1.165, 1.54) is 0 Å². The lowest BCUT2D eigenvalue weighted by Gasteiger charge is -2.35. The second-order valence-corrected chi connectivity index (χ2v) is 7.04. The zero-order chi connectivity index (χ0) is 14.7. The number of rotatable bonds is 4. The first-order chi connectivity index (χ1) is 9.49. The molecule has 0 aliphatic carbocycles. The molecule has 1 saturated heterocycles. The summed E-state index contributed by atoms with van der Waals surface area (Å²) in [7, 11) is -1.11. The molecule has 1 fully saturated rings. The highest BCUT2D eigenvalue weighted by Crippen LogP contribution is 2.21. The smallest absolute Gasteiger partial charge is 0.0821 e. The number of nitrogen functional groups attached to an aromatic ring is 1. The van der Waals surface area contributed by atoms with Crippen molar-refractivity contribution in [2.75, 3.05) is 31.2 Å². The van der Waals surface area contributed by atoms with Gasteiger partial charge in [-0.1, -0.05) is 12.1 Å². The maximum absolute atomic E-state index is 12.5. The van der Waals surface area contributed by atoms with Gasteiger partial charge in [0.2, 0.25) is 0 Å². The Morgan fingerprint density at radius 1 is 1.50 bits per heavy atom. The van der Waals surface area contributed by atoms with Crippen molar-refractivity contribution in [2.45, 2.75) is 37.8 Å². The molecule has 1 aromatic carbocycles. The van der Waals surface area contributed by atoms with Crippen LogP contribution in [0.4, 0.5) is 5.69 Å². The summed E-state index contributed by atoms with van der Waals surface area (Å²) >= 11 is 0. The van der Waals surface area contributed by atoms with Crippen LogP contribution in [0.1, 0.15) is 19.4 Å². The fourth-order valence-electron chi connectivity index (χ4n) is 2.42. The molecule has 0 aromatic heterocycles. The summed E-state index contributed by atoms with van der Waals surface area (Å²) in [5.74, 6) is 0.511. The zero-order valence-electron chi connectivity index (χ0n) is 12.5. The lowest BCUT2D eigenvalue weighted by molar-refractivity contribution is -0.0268. The highest BCUT2D eigenvalue weighted by atomic mass is 32.2. The fraction of sp³-hybridized carbons (Fsp3) is 0.600. The van der Waals surface area contributed by atoms with E-state index in [1.807, 2.05) is 25.1 Å². The number of anilines is 1. The Bertz CT molecular complexity index is 491. The van der Waals surface area contributed by atoms with Crippen LogP contribution in [0.25, 0.3) is 0 Å². The average molecular weight is 296 g/mol. The topological polar surface area (TPSA) is 55.6 Å². The first-order valence-electron chi connectivity index (χ1n) is 7.08. The van der Waals surface area contributed by atoms with Gasteiger partial charge >= 0.3 is 0 Å². The number of aryl methyl sites for hydroxylation is 1. The first-order valence-corrected chi connectivity index (χ1v) is 8.40. The predicted octanol–water partition coefficient (Wildman–Crippen LogP) is 1.79. The van der Waals surface area contributed by atoms with Crippen LogP contribution in [0.3, 0.4) is 0 Å². The van der Waals surface area contributed by atoms with Gasteiger partial charge in [-0.05, 0) is 32.4 Å². The molecule has 5 heteroatoms. The van der Waals surface area contributed by atoms with Crippen molar-refractivity contribution in [3.05, 3.63) is 23.8 Å². The molecule has 1 aliphatic heterocycles. The molecule has 0 amide bonds. The molecule has 4 nitrogen and oxygen atoms in total. The monoisotopic (exact) mass is 296 g/mol. The molecule has 0 bridgehead atoms. The summed E-state index contributed by atoms with van der Waals surface area (Å²) in [5, 5.41) is 0. The van der Waals surface area contributed by atoms with E-state index in [2.05, 4.69) is 18.7 Å². The van der Waals surface area contributed by atoms with E-state index in [-0.39, 0.29) is 6.10 Å². The van der Waals surface area contributed by atoms with Gasteiger partial charge in [0, 0.05) is 19.1 Å². The van der Waals surface area contributed by atoms with E-state index >= 15 is 0 Å². The van der Waals surface area contributed by atoms with Gasteiger partial charge in [-0.15, -0.1) is 0 Å². The quantitative estimate of drug-likeness (QED) is 0.861. The average Bonchev–Trinajstić information content (AvgIpc) is 2.42. The Labute approximate surface area is 123 Å². The van der Waals surface area contributed by atoms with Crippen molar-refractivity contribution >= 4 is 16.5 Å². The van der Waals surface area contributed by atoms with Crippen molar-refractivity contribution in [3.63, 3.8) is 0 Å². The summed E-state index contributed by atoms with van der Waals surface area (Å²) in [4.78, 5) is 3.10. The number of ether oxygens (including phenoxy) is 1. The number of nitrogens with zero attached hydrogens (tertiary/aromatic N) is 1. The molecular formula is C15H24N2O2S. The van der Waals surface area contributed by atoms with Gasteiger partial charge in [0.25, 0.3) is 0 Å². The van der Waals surface area contributed by atoms with Gasteiger partial charge in [0.1, 0.15) is 0 Å². The van der Waals surface area contributed by atoms with Gasteiger partial charge in [-0.25, -0.2) is 0 Å². The number of morpholine rings is 1. The Hall–Kier alpha value is -0.910. The van der Waals surface area contributed by atoms with Crippen molar-refractivity contribution in [1.29, 1.82) is 0 Å². The summed E-state index contributed by atoms with van der Waals surface area (Å²) in [6.45, 7) is 8.80.